The molecule has 0 spiro atoms. The lowest BCUT2D eigenvalue weighted by Crippen LogP contribution is -2.36. The van der Waals surface area contributed by atoms with Gasteiger partial charge >= 0.3 is 11.9 Å². The number of hydrogen-bond donors (Lipinski definition) is 0. The molecule has 1 aliphatic rings. The highest BCUT2D eigenvalue weighted by Crippen LogP contribution is 2.42. The van der Waals surface area contributed by atoms with Gasteiger partial charge < -0.3 is 14.4 Å². The maximum Gasteiger partial charge on any atom is 0.326 e. The molecule has 0 unspecified atom stereocenters. The van der Waals surface area contributed by atoms with Crippen molar-refractivity contribution >= 4 is 35.1 Å². The van der Waals surface area contributed by atoms with Crippen LogP contribution in [-0.4, -0.2) is 58.8 Å². The van der Waals surface area contributed by atoms with Crippen molar-refractivity contribution in [1.82, 2.24) is 19.6 Å². The molecular formula is C23H23ClN6O4. The van der Waals surface area contributed by atoms with Crippen LogP contribution in [0.3, 0.4) is 0 Å². The third-order valence-corrected chi connectivity index (χ3v) is 6.34. The number of carbonyl (C=O) groups is 2. The second-order valence-corrected chi connectivity index (χ2v) is 8.53. The molecule has 0 N–H and O–H groups in total. The van der Waals surface area contributed by atoms with Crippen LogP contribution in [0, 0.1) is 17.2 Å². The molecule has 1 fully saturated rings. The molecule has 0 saturated carbocycles. The van der Waals surface area contributed by atoms with Gasteiger partial charge in [0, 0.05) is 29.2 Å². The Morgan fingerprint density at radius 2 is 1.88 bits per heavy atom. The zero-order valence-corrected chi connectivity index (χ0v) is 19.7. The summed E-state index contributed by atoms with van der Waals surface area (Å²) in [4.78, 5) is 36.5. The number of aromatic nitrogens is 4. The first-order valence-electron chi connectivity index (χ1n) is 10.7. The van der Waals surface area contributed by atoms with Gasteiger partial charge in [0.05, 0.1) is 31.5 Å². The van der Waals surface area contributed by atoms with Gasteiger partial charge in [0.15, 0.2) is 5.92 Å². The van der Waals surface area contributed by atoms with E-state index >= 15 is 0 Å². The van der Waals surface area contributed by atoms with Crippen LogP contribution in [0.2, 0.25) is 5.02 Å². The van der Waals surface area contributed by atoms with Crippen LogP contribution in [0.15, 0.2) is 24.5 Å². The van der Waals surface area contributed by atoms with Gasteiger partial charge in [-0.3, -0.25) is 9.59 Å². The van der Waals surface area contributed by atoms with Gasteiger partial charge in [-0.1, -0.05) is 24.6 Å². The second-order valence-electron chi connectivity index (χ2n) is 8.12. The number of rotatable bonds is 5. The van der Waals surface area contributed by atoms with Crippen LogP contribution in [-0.2, 0) is 19.1 Å². The third kappa shape index (κ3) is 4.15. The highest BCUT2D eigenvalue weighted by molar-refractivity contribution is 6.33. The number of ether oxygens (including phenoxy) is 2. The summed E-state index contributed by atoms with van der Waals surface area (Å²) in [6.07, 6.45) is 3.26. The van der Waals surface area contributed by atoms with E-state index in [2.05, 4.69) is 33.0 Å². The zero-order valence-electron chi connectivity index (χ0n) is 19.0. The van der Waals surface area contributed by atoms with Crippen molar-refractivity contribution in [2.75, 3.05) is 32.2 Å². The largest absolute Gasteiger partial charge is 0.468 e. The number of piperidine rings is 1. The van der Waals surface area contributed by atoms with Crippen molar-refractivity contribution in [2.45, 2.75) is 25.7 Å². The molecule has 3 aromatic rings. The first kappa shape index (κ1) is 23.4. The van der Waals surface area contributed by atoms with Crippen LogP contribution < -0.4 is 4.90 Å². The minimum atomic E-state index is -1.47. The summed E-state index contributed by atoms with van der Waals surface area (Å²) in [5.41, 5.74) is 1.39. The topological polar surface area (TPSA) is 123 Å². The summed E-state index contributed by atoms with van der Waals surface area (Å²) in [6.45, 7) is 3.65. The average Bonchev–Trinajstić information content (AvgIpc) is 3.32. The van der Waals surface area contributed by atoms with E-state index < -0.39 is 17.9 Å². The fourth-order valence-electron chi connectivity index (χ4n) is 4.17. The summed E-state index contributed by atoms with van der Waals surface area (Å²) >= 11 is 6.63. The van der Waals surface area contributed by atoms with Gasteiger partial charge in [-0.05, 0) is 30.9 Å². The molecule has 0 bridgehead atoms. The van der Waals surface area contributed by atoms with Gasteiger partial charge in [0.1, 0.15) is 12.1 Å². The summed E-state index contributed by atoms with van der Waals surface area (Å²) in [6, 6.07) is 6.88. The van der Waals surface area contributed by atoms with Crippen molar-refractivity contribution in [3.63, 3.8) is 0 Å². The Morgan fingerprint density at radius 1 is 1.21 bits per heavy atom. The molecule has 0 aliphatic carbocycles. The monoisotopic (exact) mass is 482 g/mol. The lowest BCUT2D eigenvalue weighted by molar-refractivity contribution is -0.154. The highest BCUT2D eigenvalue weighted by atomic mass is 35.5. The standard InChI is InChI=1S/C23H23ClN6O4/c1-13-6-8-29(9-7-13)20-17(15-5-4-14(11-25)10-16(15)24)19(28-23-26-12-27-30(20)23)18(21(31)33-2)22(32)34-3/h4-5,10,12-13,18H,6-9H2,1-3H3. The molecule has 0 atom stereocenters. The summed E-state index contributed by atoms with van der Waals surface area (Å²) in [7, 11) is 2.38. The van der Waals surface area contributed by atoms with E-state index in [0.29, 0.717) is 28.4 Å². The Bertz CT molecular complexity index is 1280. The Hall–Kier alpha value is -3.71. The van der Waals surface area contributed by atoms with E-state index in [1.165, 1.54) is 26.6 Å². The Balaban J connectivity index is 2.09. The van der Waals surface area contributed by atoms with E-state index in [1.54, 1.807) is 16.6 Å². The number of esters is 2. The lowest BCUT2D eigenvalue weighted by Gasteiger charge is -2.34. The highest BCUT2D eigenvalue weighted by Gasteiger charge is 2.38. The van der Waals surface area contributed by atoms with E-state index in [1.807, 2.05) is 0 Å². The predicted octanol–water partition coefficient (Wildman–Crippen LogP) is 2.98. The fraction of sp³-hybridized carbons (Fsp3) is 0.391. The molecule has 11 heteroatoms. The lowest BCUT2D eigenvalue weighted by atomic mass is 9.93. The maximum atomic E-state index is 12.8. The summed E-state index contributed by atoms with van der Waals surface area (Å²) in [5.74, 6) is -1.74. The van der Waals surface area contributed by atoms with Crippen molar-refractivity contribution < 1.29 is 19.1 Å². The molecule has 2 aromatic heterocycles. The first-order valence-corrected chi connectivity index (χ1v) is 11.1. The molecule has 1 aromatic carbocycles. The molecule has 4 rings (SSSR count). The van der Waals surface area contributed by atoms with Gasteiger partial charge in [-0.15, -0.1) is 0 Å². The summed E-state index contributed by atoms with van der Waals surface area (Å²) in [5, 5.41) is 13.9. The maximum absolute atomic E-state index is 12.8. The molecule has 10 nitrogen and oxygen atoms in total. The van der Waals surface area contributed by atoms with Crippen molar-refractivity contribution in [3.8, 4) is 17.2 Å². The number of nitriles is 1. The molecule has 1 saturated heterocycles. The smallest absolute Gasteiger partial charge is 0.326 e. The van der Waals surface area contributed by atoms with Gasteiger partial charge in [-0.25, -0.2) is 4.98 Å². The SMILES string of the molecule is COC(=O)C(C(=O)OC)c1nc2ncnn2c(N2CCC(C)CC2)c1-c1ccc(C#N)cc1Cl. The number of anilines is 1. The number of nitrogens with zero attached hydrogens (tertiary/aromatic N) is 6. The minimum Gasteiger partial charge on any atom is -0.468 e. The number of halogens is 1. The zero-order chi connectivity index (χ0) is 24.4. The van der Waals surface area contributed by atoms with Crippen LogP contribution in [0.25, 0.3) is 16.9 Å². The number of carbonyl (C=O) groups excluding carboxylic acids is 2. The van der Waals surface area contributed by atoms with E-state index in [9.17, 15) is 14.9 Å². The normalized spacial score (nSPS) is 14.3. The Labute approximate surface area is 201 Å². The van der Waals surface area contributed by atoms with E-state index in [0.717, 1.165) is 25.9 Å². The predicted molar refractivity (Wildman–Crippen MR) is 123 cm³/mol. The molecule has 34 heavy (non-hydrogen) atoms. The van der Waals surface area contributed by atoms with E-state index in [4.69, 9.17) is 21.1 Å². The minimum absolute atomic E-state index is 0.0967. The van der Waals surface area contributed by atoms with Gasteiger partial charge in [0.2, 0.25) is 0 Å². The Morgan fingerprint density at radius 3 is 2.47 bits per heavy atom. The van der Waals surface area contributed by atoms with Crippen molar-refractivity contribution in [1.29, 1.82) is 5.26 Å². The average molecular weight is 483 g/mol. The van der Waals surface area contributed by atoms with Gasteiger partial charge in [-0.2, -0.15) is 19.9 Å². The summed E-state index contributed by atoms with van der Waals surface area (Å²) < 4.78 is 11.4. The fourth-order valence-corrected chi connectivity index (χ4v) is 4.44. The first-order chi connectivity index (χ1) is 16.4. The van der Waals surface area contributed by atoms with Crippen molar-refractivity contribution in [3.05, 3.63) is 40.8 Å². The number of hydrogen-bond acceptors (Lipinski definition) is 9. The molecule has 0 amide bonds. The number of methoxy groups -OCH3 is 2. The van der Waals surface area contributed by atoms with Crippen LogP contribution in [0.1, 0.15) is 36.9 Å². The second kappa shape index (κ2) is 9.65. The molecule has 3 heterocycles. The number of benzene rings is 1. The van der Waals surface area contributed by atoms with Crippen LogP contribution >= 0.6 is 11.6 Å². The quantitative estimate of drug-likeness (QED) is 0.398. The Kier molecular flexibility index (Phi) is 6.65. The third-order valence-electron chi connectivity index (χ3n) is 6.03. The molecule has 0 radical (unpaired) electrons. The van der Waals surface area contributed by atoms with E-state index in [-0.39, 0.29) is 16.5 Å². The molecule has 1 aliphatic heterocycles. The molecule has 176 valence electrons. The number of fused-ring (bicyclic) bond motifs is 1. The van der Waals surface area contributed by atoms with Crippen LogP contribution in [0.5, 0.6) is 0 Å². The molecular weight excluding hydrogens is 460 g/mol. The van der Waals surface area contributed by atoms with Crippen LogP contribution in [0.4, 0.5) is 5.82 Å². The van der Waals surface area contributed by atoms with Gasteiger partial charge in [0.25, 0.3) is 5.78 Å². The van der Waals surface area contributed by atoms with Crippen molar-refractivity contribution in [2.24, 2.45) is 5.92 Å².